The maximum absolute atomic E-state index is 9.91. The van der Waals surface area contributed by atoms with Crippen LogP contribution in [-0.2, 0) is 14.3 Å². The maximum Gasteiger partial charge on any atom is 0.294 e. The predicted molar refractivity (Wildman–Crippen MR) is 49.2 cm³/mol. The number of ether oxygens (including phenoxy) is 2. The van der Waals surface area contributed by atoms with Gasteiger partial charge in [-0.05, 0) is 13.3 Å². The predicted octanol–water partition coefficient (Wildman–Crippen LogP) is 1.37. The Morgan fingerprint density at radius 1 is 1.36 bits per heavy atom. The van der Waals surface area contributed by atoms with Gasteiger partial charge >= 0.3 is 0 Å². The van der Waals surface area contributed by atoms with Crippen LogP contribution in [0.1, 0.15) is 26.7 Å². The molecule has 0 amide bonds. The molecule has 1 atom stereocenters. The molecule has 0 saturated heterocycles. The molecule has 0 N–H and O–H groups in total. The lowest BCUT2D eigenvalue weighted by molar-refractivity contribution is -0.761. The third-order valence-electron chi connectivity index (χ3n) is 1.47. The number of hydrogen-bond donors (Lipinski definition) is 0. The fraction of sp³-hybridized carbons (Fsp3) is 1.00. The Labute approximate surface area is 83.2 Å². The molecule has 14 heavy (non-hydrogen) atoms. The number of unbranched alkanes of at least 4 members (excludes halogenated alkanes) is 1. The van der Waals surface area contributed by atoms with E-state index in [0.717, 1.165) is 12.8 Å². The van der Waals surface area contributed by atoms with Gasteiger partial charge in [0.2, 0.25) is 0 Å². The van der Waals surface area contributed by atoms with Crippen LogP contribution in [0.25, 0.3) is 0 Å². The summed E-state index contributed by atoms with van der Waals surface area (Å²) in [5, 5.41) is 9.06. The van der Waals surface area contributed by atoms with Crippen molar-refractivity contribution in [1.82, 2.24) is 0 Å². The number of rotatable bonds is 9. The molecule has 0 bridgehead atoms. The van der Waals surface area contributed by atoms with Crippen LogP contribution in [0.2, 0.25) is 0 Å². The first kappa shape index (κ1) is 13.1. The Morgan fingerprint density at radius 2 is 2.07 bits per heavy atom. The van der Waals surface area contributed by atoms with E-state index in [9.17, 15) is 10.1 Å². The molecule has 0 aromatic heterocycles. The zero-order valence-corrected chi connectivity index (χ0v) is 8.60. The van der Waals surface area contributed by atoms with Crippen molar-refractivity contribution in [1.29, 1.82) is 0 Å². The minimum atomic E-state index is -0.852. The van der Waals surface area contributed by atoms with Crippen LogP contribution in [-0.4, -0.2) is 31.2 Å². The first-order valence-corrected chi connectivity index (χ1v) is 4.71. The summed E-state index contributed by atoms with van der Waals surface area (Å²) in [4.78, 5) is 14.1. The molecule has 0 saturated carbocycles. The average Bonchev–Trinajstić information content (AvgIpc) is 2.14. The van der Waals surface area contributed by atoms with Crippen molar-refractivity contribution in [2.75, 3.05) is 19.8 Å². The lowest BCUT2D eigenvalue weighted by Gasteiger charge is -2.16. The third kappa shape index (κ3) is 7.75. The van der Waals surface area contributed by atoms with E-state index in [1.165, 1.54) is 0 Å². The van der Waals surface area contributed by atoms with Gasteiger partial charge in [0.25, 0.3) is 5.09 Å². The monoisotopic (exact) mass is 207 g/mol. The summed E-state index contributed by atoms with van der Waals surface area (Å²) in [6.45, 7) is 4.62. The van der Waals surface area contributed by atoms with E-state index < -0.39 is 11.4 Å². The molecule has 1 unspecified atom stereocenters. The maximum atomic E-state index is 9.91. The molecule has 84 valence electrons. The first-order valence-electron chi connectivity index (χ1n) is 4.71. The highest BCUT2D eigenvalue weighted by Crippen LogP contribution is 1.99. The summed E-state index contributed by atoms with van der Waals surface area (Å²) in [6.07, 6.45) is 1.27. The molecule has 0 heterocycles. The Kier molecular flexibility index (Phi) is 8.16. The zero-order valence-electron chi connectivity index (χ0n) is 8.60. The average molecular weight is 207 g/mol. The molecule has 6 heteroatoms. The Bertz CT molecular complexity index is 153. The van der Waals surface area contributed by atoms with Crippen LogP contribution >= 0.6 is 0 Å². The van der Waals surface area contributed by atoms with Crippen molar-refractivity contribution in [3.05, 3.63) is 10.1 Å². The Morgan fingerprint density at radius 3 is 2.57 bits per heavy atom. The van der Waals surface area contributed by atoms with Crippen molar-refractivity contribution in [3.8, 4) is 0 Å². The van der Waals surface area contributed by atoms with Crippen LogP contribution in [0.4, 0.5) is 0 Å². The highest BCUT2D eigenvalue weighted by Gasteiger charge is 2.10. The van der Waals surface area contributed by atoms with Crippen LogP contribution in [0.5, 0.6) is 0 Å². The standard InChI is InChI=1S/C8H17NO5/c1-3-5-6-13-8(12-4-2)7-14-9(10)11/h8H,3-7H2,1-2H3. The van der Waals surface area contributed by atoms with Crippen molar-refractivity contribution in [3.63, 3.8) is 0 Å². The minimum absolute atomic E-state index is 0.176. The normalized spacial score (nSPS) is 12.4. The van der Waals surface area contributed by atoms with Gasteiger partial charge in [0.05, 0.1) is 0 Å². The summed E-state index contributed by atoms with van der Waals surface area (Å²) in [5.74, 6) is 0. The molecule has 0 aromatic carbocycles. The topological polar surface area (TPSA) is 70.8 Å². The van der Waals surface area contributed by atoms with Crippen molar-refractivity contribution in [2.45, 2.75) is 33.0 Å². The summed E-state index contributed by atoms with van der Waals surface area (Å²) >= 11 is 0. The van der Waals surface area contributed by atoms with E-state index in [2.05, 4.69) is 4.84 Å². The van der Waals surface area contributed by atoms with Crippen molar-refractivity contribution < 1.29 is 19.4 Å². The van der Waals surface area contributed by atoms with Gasteiger partial charge in [-0.25, -0.2) is 0 Å². The SMILES string of the molecule is CCCCOC(CO[N+](=O)[O-])OCC. The second-order valence-electron chi connectivity index (χ2n) is 2.63. The molecule has 0 aromatic rings. The summed E-state index contributed by atoms with van der Waals surface area (Å²) in [7, 11) is 0. The second-order valence-corrected chi connectivity index (χ2v) is 2.63. The largest absolute Gasteiger partial charge is 0.351 e. The van der Waals surface area contributed by atoms with Crippen LogP contribution in [0, 0.1) is 10.1 Å². The molecular weight excluding hydrogens is 190 g/mol. The molecular formula is C8H17NO5. The smallest absolute Gasteiger partial charge is 0.294 e. The fourth-order valence-electron chi connectivity index (χ4n) is 0.811. The quantitative estimate of drug-likeness (QED) is 0.247. The molecule has 0 radical (unpaired) electrons. The molecule has 0 fully saturated rings. The molecule has 0 aliphatic carbocycles. The van der Waals surface area contributed by atoms with E-state index in [1.54, 1.807) is 6.92 Å². The van der Waals surface area contributed by atoms with Crippen molar-refractivity contribution in [2.24, 2.45) is 0 Å². The van der Waals surface area contributed by atoms with Gasteiger partial charge in [0.1, 0.15) is 6.61 Å². The molecule has 0 aliphatic rings. The number of nitrogens with zero attached hydrogens (tertiary/aromatic N) is 1. The molecule has 0 rings (SSSR count). The van der Waals surface area contributed by atoms with Gasteiger partial charge in [-0.15, -0.1) is 10.1 Å². The van der Waals surface area contributed by atoms with E-state index in [4.69, 9.17) is 9.47 Å². The van der Waals surface area contributed by atoms with E-state index in [1.807, 2.05) is 6.92 Å². The van der Waals surface area contributed by atoms with Crippen LogP contribution in [0.3, 0.4) is 0 Å². The first-order chi connectivity index (χ1) is 6.70. The van der Waals surface area contributed by atoms with Gasteiger partial charge < -0.3 is 14.3 Å². The molecule has 6 nitrogen and oxygen atoms in total. The second kappa shape index (κ2) is 8.71. The summed E-state index contributed by atoms with van der Waals surface area (Å²) in [6, 6.07) is 0. The number of hydrogen-bond acceptors (Lipinski definition) is 5. The van der Waals surface area contributed by atoms with Crippen LogP contribution in [0.15, 0.2) is 0 Å². The van der Waals surface area contributed by atoms with Crippen LogP contribution < -0.4 is 0 Å². The highest BCUT2D eigenvalue weighted by molar-refractivity contribution is 4.41. The van der Waals surface area contributed by atoms with Gasteiger partial charge in [-0.2, -0.15) is 0 Å². The lowest BCUT2D eigenvalue weighted by Crippen LogP contribution is -2.25. The van der Waals surface area contributed by atoms with Gasteiger partial charge in [0, 0.05) is 13.2 Å². The zero-order chi connectivity index (χ0) is 10.8. The third-order valence-corrected chi connectivity index (χ3v) is 1.47. The van der Waals surface area contributed by atoms with Crippen molar-refractivity contribution >= 4 is 0 Å². The van der Waals surface area contributed by atoms with Gasteiger partial charge in [-0.1, -0.05) is 13.3 Å². The molecule has 0 spiro atoms. The summed E-state index contributed by atoms with van der Waals surface area (Å²) < 4.78 is 10.3. The van der Waals surface area contributed by atoms with E-state index in [-0.39, 0.29) is 6.61 Å². The van der Waals surface area contributed by atoms with Gasteiger partial charge in [-0.3, -0.25) is 0 Å². The Balaban J connectivity index is 3.59. The lowest BCUT2D eigenvalue weighted by atomic mass is 10.4. The summed E-state index contributed by atoms with van der Waals surface area (Å²) in [5.41, 5.74) is 0. The van der Waals surface area contributed by atoms with E-state index >= 15 is 0 Å². The Hall–Kier alpha value is -0.880. The minimum Gasteiger partial charge on any atom is -0.351 e. The van der Waals surface area contributed by atoms with Gasteiger partial charge in [0.15, 0.2) is 6.29 Å². The highest BCUT2D eigenvalue weighted by atomic mass is 17.0. The molecule has 0 aliphatic heterocycles. The fourth-order valence-corrected chi connectivity index (χ4v) is 0.811. The van der Waals surface area contributed by atoms with E-state index in [0.29, 0.717) is 13.2 Å².